The maximum atomic E-state index is 8.59. The zero-order valence-electron chi connectivity index (χ0n) is 8.55. The fourth-order valence-electron chi connectivity index (χ4n) is 1.29. The molecule has 80 valence electrons. The smallest absolute Gasteiger partial charge is 0.131 e. The zero-order chi connectivity index (χ0) is 10.6. The van der Waals surface area contributed by atoms with E-state index in [1.165, 1.54) is 0 Å². The number of aliphatic hydroxyl groups excluding tert-OH is 1. The third-order valence-electron chi connectivity index (χ3n) is 2.08. The Morgan fingerprint density at radius 3 is 2.79 bits per heavy atom. The van der Waals surface area contributed by atoms with E-state index >= 15 is 0 Å². The van der Waals surface area contributed by atoms with Gasteiger partial charge in [0.05, 0.1) is 5.69 Å². The maximum Gasteiger partial charge on any atom is 0.131 e. The van der Waals surface area contributed by atoms with Gasteiger partial charge >= 0.3 is 0 Å². The van der Waals surface area contributed by atoms with Gasteiger partial charge in [-0.25, -0.2) is 0 Å². The Bertz CT molecular complexity index is 298. The summed E-state index contributed by atoms with van der Waals surface area (Å²) < 4.78 is 1.67. The first-order valence-corrected chi connectivity index (χ1v) is 5.04. The summed E-state index contributed by atoms with van der Waals surface area (Å²) in [6.45, 7) is 3.65. The highest BCUT2D eigenvalue weighted by molar-refractivity contribution is 6.30. The van der Waals surface area contributed by atoms with Gasteiger partial charge in [0.25, 0.3) is 0 Å². The summed E-state index contributed by atoms with van der Waals surface area (Å²) in [7, 11) is 1.83. The maximum absolute atomic E-state index is 8.59. The van der Waals surface area contributed by atoms with E-state index in [-0.39, 0.29) is 6.61 Å². The van der Waals surface area contributed by atoms with Gasteiger partial charge in [-0.2, -0.15) is 5.10 Å². The summed E-state index contributed by atoms with van der Waals surface area (Å²) in [5, 5.41) is 16.7. The van der Waals surface area contributed by atoms with Crippen LogP contribution in [0.5, 0.6) is 0 Å². The quantitative estimate of drug-likeness (QED) is 0.720. The lowest BCUT2D eigenvalue weighted by Gasteiger charge is -2.02. The molecule has 0 saturated heterocycles. The Hall–Kier alpha value is -0.580. The molecule has 0 saturated carbocycles. The van der Waals surface area contributed by atoms with Crippen LogP contribution in [0.15, 0.2) is 0 Å². The molecule has 0 fully saturated rings. The zero-order valence-corrected chi connectivity index (χ0v) is 9.30. The first-order valence-electron chi connectivity index (χ1n) is 4.66. The lowest BCUT2D eigenvalue weighted by Crippen LogP contribution is -2.16. The van der Waals surface area contributed by atoms with Crippen molar-refractivity contribution in [3.8, 4) is 0 Å². The molecule has 0 unspecified atom stereocenters. The summed E-state index contributed by atoms with van der Waals surface area (Å²) in [5.41, 5.74) is 1.99. The Kier molecular flexibility index (Phi) is 4.38. The van der Waals surface area contributed by atoms with E-state index in [2.05, 4.69) is 10.4 Å². The standard InChI is InChI=1S/C9H16ClN3O/c1-7-8(6-11-4-3-5-14)9(10)13(2)12-7/h11,14H,3-6H2,1-2H3. The molecule has 0 aliphatic carbocycles. The third-order valence-corrected chi connectivity index (χ3v) is 2.56. The molecule has 0 bridgehead atoms. The highest BCUT2D eigenvalue weighted by atomic mass is 35.5. The number of nitrogens with one attached hydrogen (secondary N) is 1. The molecule has 14 heavy (non-hydrogen) atoms. The van der Waals surface area contributed by atoms with Crippen LogP contribution in [0.25, 0.3) is 0 Å². The minimum atomic E-state index is 0.215. The van der Waals surface area contributed by atoms with Crippen LogP contribution in [-0.4, -0.2) is 28.0 Å². The van der Waals surface area contributed by atoms with E-state index in [4.69, 9.17) is 16.7 Å². The number of hydrogen-bond donors (Lipinski definition) is 2. The summed E-state index contributed by atoms with van der Waals surface area (Å²) in [4.78, 5) is 0. The fourth-order valence-corrected chi connectivity index (χ4v) is 1.53. The molecular formula is C9H16ClN3O. The van der Waals surface area contributed by atoms with Gasteiger partial charge in [0.15, 0.2) is 0 Å². The van der Waals surface area contributed by atoms with Crippen LogP contribution < -0.4 is 5.32 Å². The lowest BCUT2D eigenvalue weighted by atomic mass is 10.2. The van der Waals surface area contributed by atoms with Crippen molar-refractivity contribution in [2.24, 2.45) is 7.05 Å². The molecule has 1 rings (SSSR count). The van der Waals surface area contributed by atoms with E-state index in [0.717, 1.165) is 24.2 Å². The van der Waals surface area contributed by atoms with Crippen LogP contribution in [0.1, 0.15) is 17.7 Å². The second-order valence-corrected chi connectivity index (χ2v) is 3.59. The van der Waals surface area contributed by atoms with Crippen molar-refractivity contribution in [1.29, 1.82) is 0 Å². The molecule has 0 radical (unpaired) electrons. The number of halogens is 1. The van der Waals surface area contributed by atoms with E-state index < -0.39 is 0 Å². The largest absolute Gasteiger partial charge is 0.396 e. The second-order valence-electron chi connectivity index (χ2n) is 3.23. The van der Waals surface area contributed by atoms with Crippen LogP contribution in [0.3, 0.4) is 0 Å². The van der Waals surface area contributed by atoms with Gasteiger partial charge in [0.1, 0.15) is 5.15 Å². The molecule has 1 heterocycles. The van der Waals surface area contributed by atoms with Gasteiger partial charge in [-0.3, -0.25) is 4.68 Å². The van der Waals surface area contributed by atoms with Crippen LogP contribution in [0.2, 0.25) is 5.15 Å². The average Bonchev–Trinajstić information content (AvgIpc) is 2.38. The third kappa shape index (κ3) is 2.70. The van der Waals surface area contributed by atoms with Gasteiger partial charge in [0.2, 0.25) is 0 Å². The Balaban J connectivity index is 2.49. The molecule has 0 aromatic carbocycles. The van der Waals surface area contributed by atoms with E-state index in [1.54, 1.807) is 4.68 Å². The molecule has 5 heteroatoms. The minimum absolute atomic E-state index is 0.215. The number of rotatable bonds is 5. The predicted molar refractivity (Wildman–Crippen MR) is 56.4 cm³/mol. The number of nitrogens with zero attached hydrogens (tertiary/aromatic N) is 2. The minimum Gasteiger partial charge on any atom is -0.396 e. The Labute approximate surface area is 88.9 Å². The highest BCUT2D eigenvalue weighted by Crippen LogP contribution is 2.17. The molecule has 1 aromatic rings. The topological polar surface area (TPSA) is 50.1 Å². The highest BCUT2D eigenvalue weighted by Gasteiger charge is 2.09. The van der Waals surface area contributed by atoms with Crippen LogP contribution in [0.4, 0.5) is 0 Å². The molecule has 1 aromatic heterocycles. The van der Waals surface area contributed by atoms with Crippen molar-refractivity contribution in [3.05, 3.63) is 16.4 Å². The number of hydrogen-bond acceptors (Lipinski definition) is 3. The first kappa shape index (κ1) is 11.5. The van der Waals surface area contributed by atoms with Crippen molar-refractivity contribution in [3.63, 3.8) is 0 Å². The number of aryl methyl sites for hydroxylation is 2. The van der Waals surface area contributed by atoms with Gasteiger partial charge in [0, 0.05) is 25.8 Å². The molecular weight excluding hydrogens is 202 g/mol. The van der Waals surface area contributed by atoms with Crippen molar-refractivity contribution in [2.45, 2.75) is 19.9 Å². The Morgan fingerprint density at radius 2 is 2.29 bits per heavy atom. The molecule has 2 N–H and O–H groups in total. The van der Waals surface area contributed by atoms with Gasteiger partial charge in [-0.05, 0) is 19.9 Å². The predicted octanol–water partition coefficient (Wildman–Crippen LogP) is 0.854. The summed E-state index contributed by atoms with van der Waals surface area (Å²) in [6, 6.07) is 0. The second kappa shape index (κ2) is 5.34. The number of aromatic nitrogens is 2. The van der Waals surface area contributed by atoms with E-state index in [0.29, 0.717) is 11.7 Å². The average molecular weight is 218 g/mol. The first-order chi connectivity index (χ1) is 6.66. The summed E-state index contributed by atoms with van der Waals surface area (Å²) in [5.74, 6) is 0. The SMILES string of the molecule is Cc1nn(C)c(Cl)c1CNCCCO. The van der Waals surface area contributed by atoms with E-state index in [1.807, 2.05) is 14.0 Å². The van der Waals surface area contributed by atoms with Crippen molar-refractivity contribution in [2.75, 3.05) is 13.2 Å². The van der Waals surface area contributed by atoms with Crippen molar-refractivity contribution >= 4 is 11.6 Å². The van der Waals surface area contributed by atoms with Crippen LogP contribution >= 0.6 is 11.6 Å². The van der Waals surface area contributed by atoms with Crippen molar-refractivity contribution in [1.82, 2.24) is 15.1 Å². The molecule has 4 nitrogen and oxygen atoms in total. The van der Waals surface area contributed by atoms with Crippen molar-refractivity contribution < 1.29 is 5.11 Å². The normalized spacial score (nSPS) is 10.9. The van der Waals surface area contributed by atoms with Gasteiger partial charge < -0.3 is 10.4 Å². The number of aliphatic hydroxyl groups is 1. The van der Waals surface area contributed by atoms with Gasteiger partial charge in [-0.1, -0.05) is 11.6 Å². The summed E-state index contributed by atoms with van der Waals surface area (Å²) in [6.07, 6.45) is 0.761. The molecule has 0 aliphatic rings. The Morgan fingerprint density at radius 1 is 1.57 bits per heavy atom. The molecule has 0 spiro atoms. The van der Waals surface area contributed by atoms with E-state index in [9.17, 15) is 0 Å². The molecule has 0 aliphatic heterocycles. The van der Waals surface area contributed by atoms with Crippen LogP contribution in [0, 0.1) is 6.92 Å². The molecule has 0 amide bonds. The fraction of sp³-hybridized carbons (Fsp3) is 0.667. The molecule has 0 atom stereocenters. The lowest BCUT2D eigenvalue weighted by molar-refractivity contribution is 0.286. The van der Waals surface area contributed by atoms with Gasteiger partial charge in [-0.15, -0.1) is 0 Å². The monoisotopic (exact) mass is 217 g/mol. The van der Waals surface area contributed by atoms with Crippen LogP contribution in [-0.2, 0) is 13.6 Å². The summed E-state index contributed by atoms with van der Waals surface area (Å²) >= 11 is 6.04.